The van der Waals surface area contributed by atoms with Gasteiger partial charge in [0, 0.05) is 17.3 Å². The minimum atomic E-state index is -0.0150. The monoisotopic (exact) mass is 281 g/mol. The molecule has 0 radical (unpaired) electrons. The lowest BCUT2D eigenvalue weighted by atomic mass is 10.1. The van der Waals surface area contributed by atoms with Gasteiger partial charge in [-0.25, -0.2) is 5.43 Å². The predicted octanol–water partition coefficient (Wildman–Crippen LogP) is 3.27. The summed E-state index contributed by atoms with van der Waals surface area (Å²) in [6.07, 6.45) is 3.50. The molecule has 0 saturated carbocycles. The molecule has 1 aromatic carbocycles. The van der Waals surface area contributed by atoms with Crippen molar-refractivity contribution in [2.75, 3.05) is 0 Å². The molecule has 0 aliphatic carbocycles. The number of benzene rings is 1. The molecule has 0 spiro atoms. The van der Waals surface area contributed by atoms with E-state index < -0.39 is 0 Å². The highest BCUT2D eigenvalue weighted by Gasteiger charge is 2.16. The second-order valence-electron chi connectivity index (χ2n) is 5.22. The number of hydrogen-bond acceptors (Lipinski definition) is 4. The van der Waals surface area contributed by atoms with Crippen LogP contribution in [0.15, 0.2) is 53.1 Å². The predicted molar refractivity (Wildman–Crippen MR) is 83.6 cm³/mol. The summed E-state index contributed by atoms with van der Waals surface area (Å²) in [5.74, 6) is 6.57. The number of fused-ring (bicyclic) bond motifs is 1. The van der Waals surface area contributed by atoms with Gasteiger partial charge in [-0.15, -0.1) is 0 Å². The molecule has 4 nitrogen and oxygen atoms in total. The van der Waals surface area contributed by atoms with Gasteiger partial charge >= 0.3 is 0 Å². The van der Waals surface area contributed by atoms with Crippen molar-refractivity contribution in [1.29, 1.82) is 0 Å². The van der Waals surface area contributed by atoms with Crippen molar-refractivity contribution in [3.63, 3.8) is 0 Å². The van der Waals surface area contributed by atoms with Gasteiger partial charge < -0.3 is 4.42 Å². The third-order valence-electron chi connectivity index (χ3n) is 3.72. The van der Waals surface area contributed by atoms with E-state index in [1.54, 1.807) is 0 Å². The molecular weight excluding hydrogens is 262 g/mol. The summed E-state index contributed by atoms with van der Waals surface area (Å²) in [7, 11) is 0. The van der Waals surface area contributed by atoms with E-state index in [1.165, 1.54) is 0 Å². The highest BCUT2D eigenvalue weighted by atomic mass is 16.3. The first-order valence-electron chi connectivity index (χ1n) is 7.13. The number of hydrazine groups is 1. The van der Waals surface area contributed by atoms with Crippen LogP contribution in [-0.2, 0) is 6.42 Å². The number of nitrogens with one attached hydrogen (secondary N) is 1. The van der Waals surface area contributed by atoms with Crippen LogP contribution in [0.4, 0.5) is 0 Å². The second kappa shape index (κ2) is 6.08. The van der Waals surface area contributed by atoms with Crippen LogP contribution >= 0.6 is 0 Å². The molecule has 3 aromatic rings. The molecule has 0 aliphatic rings. The molecular formula is C17H19N3O. The number of para-hydroxylation sites is 1. The Morgan fingerprint density at radius 1 is 1.24 bits per heavy atom. The lowest BCUT2D eigenvalue weighted by molar-refractivity contribution is 0.415. The van der Waals surface area contributed by atoms with Crippen LogP contribution < -0.4 is 11.3 Å². The van der Waals surface area contributed by atoms with Gasteiger partial charge in [-0.05, 0) is 43.5 Å². The molecule has 0 bridgehead atoms. The van der Waals surface area contributed by atoms with Crippen molar-refractivity contribution in [3.05, 3.63) is 65.7 Å². The summed E-state index contributed by atoms with van der Waals surface area (Å²) in [5.41, 5.74) is 5.98. The zero-order valence-corrected chi connectivity index (χ0v) is 12.0. The van der Waals surface area contributed by atoms with Gasteiger partial charge in [0.25, 0.3) is 0 Å². The van der Waals surface area contributed by atoms with Crippen LogP contribution in [0.25, 0.3) is 11.0 Å². The van der Waals surface area contributed by atoms with E-state index in [2.05, 4.69) is 22.5 Å². The third kappa shape index (κ3) is 2.96. The number of nitrogens with two attached hydrogens (primary N) is 1. The molecule has 0 aliphatic heterocycles. The summed E-state index contributed by atoms with van der Waals surface area (Å²) < 4.78 is 5.98. The Labute approximate surface area is 124 Å². The topological polar surface area (TPSA) is 64.1 Å². The van der Waals surface area contributed by atoms with E-state index in [-0.39, 0.29) is 6.04 Å². The van der Waals surface area contributed by atoms with Crippen LogP contribution in [0.5, 0.6) is 0 Å². The molecule has 1 unspecified atom stereocenters. The van der Waals surface area contributed by atoms with E-state index in [1.807, 2.05) is 43.5 Å². The summed E-state index contributed by atoms with van der Waals surface area (Å²) in [5, 5.41) is 1.11. The molecule has 108 valence electrons. The van der Waals surface area contributed by atoms with Crippen molar-refractivity contribution in [1.82, 2.24) is 10.4 Å². The summed E-state index contributed by atoms with van der Waals surface area (Å²) in [6.45, 7) is 2.05. The first-order valence-corrected chi connectivity index (χ1v) is 7.13. The Kier molecular flexibility index (Phi) is 3.99. The summed E-state index contributed by atoms with van der Waals surface area (Å²) >= 11 is 0. The highest BCUT2D eigenvalue weighted by Crippen LogP contribution is 2.28. The largest absolute Gasteiger partial charge is 0.459 e. The molecule has 2 heterocycles. The molecule has 3 N–H and O–H groups in total. The summed E-state index contributed by atoms with van der Waals surface area (Å²) in [4.78, 5) is 4.34. The molecule has 0 amide bonds. The third-order valence-corrected chi connectivity index (χ3v) is 3.72. The number of pyridine rings is 1. The first-order chi connectivity index (χ1) is 10.3. The number of furan rings is 1. The fraction of sp³-hybridized carbons (Fsp3) is 0.235. The number of aromatic nitrogens is 1. The molecule has 4 heteroatoms. The molecule has 0 fully saturated rings. The second-order valence-corrected chi connectivity index (χ2v) is 5.22. The van der Waals surface area contributed by atoms with Crippen molar-refractivity contribution >= 4 is 11.0 Å². The minimum Gasteiger partial charge on any atom is -0.459 e. The van der Waals surface area contributed by atoms with Crippen molar-refractivity contribution in [2.24, 2.45) is 5.84 Å². The fourth-order valence-electron chi connectivity index (χ4n) is 2.55. The molecule has 3 rings (SSSR count). The average molecular weight is 281 g/mol. The van der Waals surface area contributed by atoms with E-state index in [0.29, 0.717) is 0 Å². The number of nitrogens with zero attached hydrogens (tertiary/aromatic N) is 1. The van der Waals surface area contributed by atoms with Crippen LogP contribution in [0.1, 0.15) is 29.5 Å². The summed E-state index contributed by atoms with van der Waals surface area (Å²) in [6, 6.07) is 14.1. The maximum atomic E-state index is 5.98. The van der Waals surface area contributed by atoms with E-state index in [0.717, 1.165) is 40.8 Å². The minimum absolute atomic E-state index is 0.0150. The normalized spacial score (nSPS) is 12.7. The Bertz CT molecular complexity index is 721. The SMILES string of the molecule is Cc1cccc2cc(C(CCc3ccccn3)NN)oc12. The Morgan fingerprint density at radius 3 is 2.86 bits per heavy atom. The zero-order chi connectivity index (χ0) is 14.7. The Hall–Kier alpha value is -2.17. The molecule has 0 saturated heterocycles. The average Bonchev–Trinajstić information content (AvgIpc) is 2.94. The van der Waals surface area contributed by atoms with E-state index in [9.17, 15) is 0 Å². The van der Waals surface area contributed by atoms with Gasteiger partial charge in [-0.2, -0.15) is 0 Å². The van der Waals surface area contributed by atoms with Gasteiger partial charge in [-0.3, -0.25) is 10.8 Å². The van der Waals surface area contributed by atoms with Gasteiger partial charge in [-0.1, -0.05) is 24.3 Å². The Balaban J connectivity index is 1.80. The maximum Gasteiger partial charge on any atom is 0.137 e. The van der Waals surface area contributed by atoms with Gasteiger partial charge in [0.2, 0.25) is 0 Å². The lowest BCUT2D eigenvalue weighted by Crippen LogP contribution is -2.28. The van der Waals surface area contributed by atoms with Crippen LogP contribution in [0, 0.1) is 6.92 Å². The number of aryl methyl sites for hydroxylation is 2. The molecule has 1 atom stereocenters. The first kappa shape index (κ1) is 13.8. The van der Waals surface area contributed by atoms with Crippen LogP contribution in [0.3, 0.4) is 0 Å². The van der Waals surface area contributed by atoms with Crippen molar-refractivity contribution < 1.29 is 4.42 Å². The van der Waals surface area contributed by atoms with E-state index >= 15 is 0 Å². The van der Waals surface area contributed by atoms with Crippen LogP contribution in [0.2, 0.25) is 0 Å². The van der Waals surface area contributed by atoms with Gasteiger partial charge in [0.15, 0.2) is 0 Å². The number of rotatable bonds is 5. The Morgan fingerprint density at radius 2 is 2.14 bits per heavy atom. The lowest BCUT2D eigenvalue weighted by Gasteiger charge is -2.12. The standard InChI is InChI=1S/C17H19N3O/c1-12-5-4-6-13-11-16(21-17(12)13)15(20-18)9-8-14-7-2-3-10-19-14/h2-7,10-11,15,20H,8-9,18H2,1H3. The van der Waals surface area contributed by atoms with Crippen molar-refractivity contribution in [3.8, 4) is 0 Å². The number of hydrogen-bond donors (Lipinski definition) is 2. The molecule has 21 heavy (non-hydrogen) atoms. The van der Waals surface area contributed by atoms with E-state index in [4.69, 9.17) is 10.3 Å². The van der Waals surface area contributed by atoms with Gasteiger partial charge in [0.05, 0.1) is 6.04 Å². The van der Waals surface area contributed by atoms with Crippen molar-refractivity contribution in [2.45, 2.75) is 25.8 Å². The fourth-order valence-corrected chi connectivity index (χ4v) is 2.55. The maximum absolute atomic E-state index is 5.98. The zero-order valence-electron chi connectivity index (χ0n) is 12.0. The molecule has 2 aromatic heterocycles. The quantitative estimate of drug-likeness (QED) is 0.556. The van der Waals surface area contributed by atoms with Crippen LogP contribution in [-0.4, -0.2) is 4.98 Å². The highest BCUT2D eigenvalue weighted by molar-refractivity contribution is 5.80. The smallest absolute Gasteiger partial charge is 0.137 e. The van der Waals surface area contributed by atoms with Gasteiger partial charge in [0.1, 0.15) is 11.3 Å².